The summed E-state index contributed by atoms with van der Waals surface area (Å²) in [6, 6.07) is 16.3. The Hall–Kier alpha value is -1.94. The van der Waals surface area contributed by atoms with Crippen molar-refractivity contribution in [3.05, 3.63) is 59.7 Å². The summed E-state index contributed by atoms with van der Waals surface area (Å²) >= 11 is 1.83. The molecule has 0 aliphatic carbocycles. The number of carbonyl (C=O) groups is 1. The van der Waals surface area contributed by atoms with Crippen LogP contribution in [0.4, 0.5) is 10.5 Å². The second-order valence-corrected chi connectivity index (χ2v) is 7.13. The summed E-state index contributed by atoms with van der Waals surface area (Å²) in [5.74, 6) is 0. The van der Waals surface area contributed by atoms with Gasteiger partial charge in [0.25, 0.3) is 0 Å². The van der Waals surface area contributed by atoms with Gasteiger partial charge in [0.1, 0.15) is 0 Å². The number of amides is 2. The van der Waals surface area contributed by atoms with E-state index in [0.29, 0.717) is 11.8 Å². The smallest absolute Gasteiger partial charge is 0.322 e. The van der Waals surface area contributed by atoms with Crippen LogP contribution in [0.5, 0.6) is 0 Å². The first-order valence-corrected chi connectivity index (χ1v) is 8.38. The van der Waals surface area contributed by atoms with Gasteiger partial charge in [-0.3, -0.25) is 4.90 Å². The number of anilines is 1. The van der Waals surface area contributed by atoms with Gasteiger partial charge in [-0.1, -0.05) is 48.9 Å². The Kier molecular flexibility index (Phi) is 4.39. The summed E-state index contributed by atoms with van der Waals surface area (Å²) < 4.78 is 0. The third-order valence-corrected chi connectivity index (χ3v) is 4.88. The molecular formula is C18H20N2OS. The van der Waals surface area contributed by atoms with Crippen molar-refractivity contribution in [1.29, 1.82) is 0 Å². The Morgan fingerprint density at radius 1 is 1.23 bits per heavy atom. The van der Waals surface area contributed by atoms with E-state index in [9.17, 15) is 4.79 Å². The molecule has 1 aliphatic heterocycles. The molecular weight excluding hydrogens is 292 g/mol. The largest absolute Gasteiger partial charge is 0.334 e. The number of rotatable bonds is 2. The molecule has 114 valence electrons. The molecule has 0 spiro atoms. The molecule has 0 aromatic heterocycles. The topological polar surface area (TPSA) is 32.3 Å². The molecule has 1 atom stereocenters. The lowest BCUT2D eigenvalue weighted by atomic mass is 10.1. The molecule has 3 rings (SSSR count). The van der Waals surface area contributed by atoms with Gasteiger partial charge in [-0.05, 0) is 24.6 Å². The molecule has 3 nitrogen and oxygen atoms in total. The molecule has 1 N–H and O–H groups in total. The molecule has 2 aromatic carbocycles. The van der Waals surface area contributed by atoms with Crippen molar-refractivity contribution < 1.29 is 4.79 Å². The minimum atomic E-state index is -0.0276. The van der Waals surface area contributed by atoms with Crippen LogP contribution in [0.15, 0.2) is 53.4 Å². The summed E-state index contributed by atoms with van der Waals surface area (Å²) in [6.45, 7) is 5.51. The summed E-state index contributed by atoms with van der Waals surface area (Å²) in [5.41, 5.74) is 3.35. The predicted molar refractivity (Wildman–Crippen MR) is 92.5 cm³/mol. The Labute approximate surface area is 135 Å². The standard InChI is InChI=1S/C18H20N2OS/c1-13-7-9-15(10-8-13)11-19-18(21)20-12-14(2)22-17-6-4-3-5-16(17)20/h3-10,14H,11-12H2,1-2H3,(H,19,21)/t14-/m0/s1. The van der Waals surface area contributed by atoms with Crippen molar-refractivity contribution in [2.45, 2.75) is 30.5 Å². The van der Waals surface area contributed by atoms with Crippen LogP contribution >= 0.6 is 11.8 Å². The molecule has 1 heterocycles. The number of fused-ring (bicyclic) bond motifs is 1. The minimum Gasteiger partial charge on any atom is -0.334 e. The molecule has 2 aromatic rings. The number of hydrogen-bond acceptors (Lipinski definition) is 2. The average molecular weight is 312 g/mol. The predicted octanol–water partition coefficient (Wildman–Crippen LogP) is 4.21. The molecule has 2 amide bonds. The fourth-order valence-corrected chi connectivity index (χ4v) is 3.67. The van der Waals surface area contributed by atoms with E-state index >= 15 is 0 Å². The molecule has 0 bridgehead atoms. The zero-order valence-electron chi connectivity index (χ0n) is 12.9. The molecule has 1 aliphatic rings. The van der Waals surface area contributed by atoms with Gasteiger partial charge in [0.05, 0.1) is 5.69 Å². The van der Waals surface area contributed by atoms with E-state index in [1.54, 1.807) is 0 Å². The van der Waals surface area contributed by atoms with Gasteiger partial charge in [0.15, 0.2) is 0 Å². The van der Waals surface area contributed by atoms with E-state index in [0.717, 1.165) is 17.8 Å². The summed E-state index contributed by atoms with van der Waals surface area (Å²) in [7, 11) is 0. The van der Waals surface area contributed by atoms with Crippen molar-refractivity contribution in [3.8, 4) is 0 Å². The van der Waals surface area contributed by atoms with Crippen molar-refractivity contribution in [3.63, 3.8) is 0 Å². The lowest BCUT2D eigenvalue weighted by Crippen LogP contribution is -2.44. The highest BCUT2D eigenvalue weighted by atomic mass is 32.2. The molecule has 22 heavy (non-hydrogen) atoms. The Morgan fingerprint density at radius 3 is 2.73 bits per heavy atom. The second-order valence-electron chi connectivity index (χ2n) is 5.65. The van der Waals surface area contributed by atoms with E-state index in [4.69, 9.17) is 0 Å². The van der Waals surface area contributed by atoms with Crippen molar-refractivity contribution >= 4 is 23.5 Å². The molecule has 0 fully saturated rings. The average Bonchev–Trinajstić information content (AvgIpc) is 2.53. The van der Waals surface area contributed by atoms with Crippen LogP contribution < -0.4 is 10.2 Å². The number of nitrogens with zero attached hydrogens (tertiary/aromatic N) is 1. The summed E-state index contributed by atoms with van der Waals surface area (Å²) in [5, 5.41) is 3.43. The fourth-order valence-electron chi connectivity index (χ4n) is 2.56. The number of hydrogen-bond donors (Lipinski definition) is 1. The highest BCUT2D eigenvalue weighted by molar-refractivity contribution is 8.00. The third-order valence-electron chi connectivity index (χ3n) is 3.73. The van der Waals surface area contributed by atoms with Crippen LogP contribution in [0, 0.1) is 6.92 Å². The number of carbonyl (C=O) groups excluding carboxylic acids is 1. The number of para-hydroxylation sites is 1. The van der Waals surface area contributed by atoms with Gasteiger partial charge in [-0.2, -0.15) is 0 Å². The summed E-state index contributed by atoms with van der Waals surface area (Å²) in [4.78, 5) is 15.6. The number of urea groups is 1. The number of aryl methyl sites for hydroxylation is 1. The molecule has 0 radical (unpaired) electrons. The van der Waals surface area contributed by atoms with Crippen LogP contribution in [0.3, 0.4) is 0 Å². The van der Waals surface area contributed by atoms with Gasteiger partial charge < -0.3 is 5.32 Å². The van der Waals surface area contributed by atoms with Crippen molar-refractivity contribution in [2.75, 3.05) is 11.4 Å². The van der Waals surface area contributed by atoms with Gasteiger partial charge in [-0.25, -0.2) is 4.79 Å². The van der Waals surface area contributed by atoms with E-state index in [2.05, 4.69) is 49.5 Å². The zero-order chi connectivity index (χ0) is 15.5. The lowest BCUT2D eigenvalue weighted by molar-refractivity contribution is 0.245. The SMILES string of the molecule is Cc1ccc(CNC(=O)N2C[C@H](C)Sc3ccccc32)cc1. The Bertz CT molecular complexity index is 669. The van der Waals surface area contributed by atoms with Crippen molar-refractivity contribution in [2.24, 2.45) is 0 Å². The van der Waals surface area contributed by atoms with E-state index < -0.39 is 0 Å². The first-order chi connectivity index (χ1) is 10.6. The maximum Gasteiger partial charge on any atom is 0.322 e. The summed E-state index contributed by atoms with van der Waals surface area (Å²) in [6.07, 6.45) is 0. The lowest BCUT2D eigenvalue weighted by Gasteiger charge is -2.32. The number of benzene rings is 2. The minimum absolute atomic E-state index is 0.0276. The van der Waals surface area contributed by atoms with Crippen LogP contribution in [0.25, 0.3) is 0 Å². The van der Waals surface area contributed by atoms with Crippen LogP contribution in [-0.2, 0) is 6.54 Å². The first-order valence-electron chi connectivity index (χ1n) is 7.50. The number of thioether (sulfide) groups is 1. The Balaban J connectivity index is 1.71. The van der Waals surface area contributed by atoms with E-state index in [1.165, 1.54) is 10.5 Å². The Morgan fingerprint density at radius 2 is 1.95 bits per heavy atom. The normalized spacial score (nSPS) is 17.0. The third kappa shape index (κ3) is 3.28. The van der Waals surface area contributed by atoms with Gasteiger partial charge in [-0.15, -0.1) is 11.8 Å². The molecule has 0 unspecified atom stereocenters. The number of nitrogens with one attached hydrogen (secondary N) is 1. The van der Waals surface area contributed by atoms with E-state index in [-0.39, 0.29) is 6.03 Å². The zero-order valence-corrected chi connectivity index (χ0v) is 13.7. The van der Waals surface area contributed by atoms with Gasteiger partial charge >= 0.3 is 6.03 Å². The molecule has 4 heteroatoms. The quantitative estimate of drug-likeness (QED) is 0.901. The second kappa shape index (κ2) is 6.44. The van der Waals surface area contributed by atoms with E-state index in [1.807, 2.05) is 34.9 Å². The highest BCUT2D eigenvalue weighted by Gasteiger charge is 2.26. The van der Waals surface area contributed by atoms with Crippen molar-refractivity contribution in [1.82, 2.24) is 5.32 Å². The van der Waals surface area contributed by atoms with Crippen LogP contribution in [-0.4, -0.2) is 17.8 Å². The first kappa shape index (κ1) is 15.0. The van der Waals surface area contributed by atoms with Gasteiger partial charge in [0.2, 0.25) is 0 Å². The van der Waals surface area contributed by atoms with Crippen LogP contribution in [0.2, 0.25) is 0 Å². The molecule has 0 saturated carbocycles. The van der Waals surface area contributed by atoms with Crippen LogP contribution in [0.1, 0.15) is 18.1 Å². The van der Waals surface area contributed by atoms with Gasteiger partial charge in [0, 0.05) is 23.2 Å². The maximum absolute atomic E-state index is 12.6. The maximum atomic E-state index is 12.6. The molecule has 0 saturated heterocycles. The fraction of sp³-hybridized carbons (Fsp3) is 0.278. The monoisotopic (exact) mass is 312 g/mol. The highest BCUT2D eigenvalue weighted by Crippen LogP contribution is 2.37.